The number of nitrogens with two attached hydrogens (primary N) is 1. The van der Waals surface area contributed by atoms with Crippen molar-refractivity contribution in [2.45, 2.75) is 45.6 Å². The van der Waals surface area contributed by atoms with E-state index in [0.717, 1.165) is 22.3 Å². The van der Waals surface area contributed by atoms with Crippen LogP contribution in [0, 0.1) is 13.8 Å². The zero-order chi connectivity index (χ0) is 26.0. The van der Waals surface area contributed by atoms with E-state index in [1.807, 2.05) is 32.0 Å². The van der Waals surface area contributed by atoms with E-state index < -0.39 is 11.9 Å². The van der Waals surface area contributed by atoms with Gasteiger partial charge in [0.25, 0.3) is 0 Å². The number of benzene rings is 2. The first-order valence-electron chi connectivity index (χ1n) is 11.8. The second-order valence-corrected chi connectivity index (χ2v) is 8.83. The van der Waals surface area contributed by atoms with E-state index in [-0.39, 0.29) is 23.8 Å². The van der Waals surface area contributed by atoms with Gasteiger partial charge in [-0.1, -0.05) is 18.2 Å². The highest BCUT2D eigenvalue weighted by Crippen LogP contribution is 2.45. The first kappa shape index (κ1) is 25.2. The van der Waals surface area contributed by atoms with E-state index in [2.05, 4.69) is 0 Å². The van der Waals surface area contributed by atoms with Gasteiger partial charge in [0.15, 0.2) is 17.3 Å². The Morgan fingerprint density at radius 1 is 1.06 bits per heavy atom. The topological polar surface area (TPSA) is 106 Å². The molecule has 1 aliphatic carbocycles. The van der Waals surface area contributed by atoms with Crippen molar-refractivity contribution in [3.63, 3.8) is 0 Å². The summed E-state index contributed by atoms with van der Waals surface area (Å²) in [5.74, 6) is 0.724. The fourth-order valence-corrected chi connectivity index (χ4v) is 4.87. The molecule has 0 amide bonds. The van der Waals surface area contributed by atoms with E-state index in [0.29, 0.717) is 47.8 Å². The van der Waals surface area contributed by atoms with Gasteiger partial charge >= 0.3 is 5.97 Å². The number of hydrogen-bond acceptors (Lipinski definition) is 8. The van der Waals surface area contributed by atoms with Crippen molar-refractivity contribution in [2.75, 3.05) is 21.3 Å². The molecule has 0 aromatic heterocycles. The Bertz CT molecular complexity index is 1250. The minimum absolute atomic E-state index is 0.0307. The summed E-state index contributed by atoms with van der Waals surface area (Å²) in [6, 6.07) is 9.40. The van der Waals surface area contributed by atoms with Crippen LogP contribution in [-0.2, 0) is 25.7 Å². The third kappa shape index (κ3) is 4.51. The summed E-state index contributed by atoms with van der Waals surface area (Å²) in [5.41, 5.74) is 10.4. The number of hydrogen-bond donors (Lipinski definition) is 1. The van der Waals surface area contributed by atoms with E-state index >= 15 is 0 Å². The average molecular weight is 494 g/mol. The fourth-order valence-electron chi connectivity index (χ4n) is 4.87. The van der Waals surface area contributed by atoms with Crippen LogP contribution < -0.4 is 19.9 Å². The number of carbonyl (C=O) groups excluding carboxylic acids is 2. The largest absolute Gasteiger partial charge is 0.493 e. The van der Waals surface area contributed by atoms with Crippen molar-refractivity contribution in [3.05, 3.63) is 75.4 Å². The normalized spacial score (nSPS) is 17.4. The molecule has 1 unspecified atom stereocenters. The average Bonchev–Trinajstić information content (AvgIpc) is 2.87. The predicted octanol–water partition coefficient (Wildman–Crippen LogP) is 4.36. The first-order chi connectivity index (χ1) is 17.3. The Kier molecular flexibility index (Phi) is 7.24. The monoisotopic (exact) mass is 493 g/mol. The molecule has 0 bridgehead atoms. The molecule has 2 N–H and O–H groups in total. The highest BCUT2D eigenvalue weighted by atomic mass is 16.5. The van der Waals surface area contributed by atoms with Crippen LogP contribution in [0.25, 0.3) is 0 Å². The number of aryl methyl sites for hydroxylation is 2. The maximum absolute atomic E-state index is 13.1. The van der Waals surface area contributed by atoms with Crippen molar-refractivity contribution < 1.29 is 33.3 Å². The minimum Gasteiger partial charge on any atom is -0.493 e. The molecule has 8 heteroatoms. The molecule has 4 rings (SSSR count). The predicted molar refractivity (Wildman–Crippen MR) is 133 cm³/mol. The van der Waals surface area contributed by atoms with Crippen LogP contribution in [0.15, 0.2) is 53.1 Å². The molecule has 2 aromatic carbocycles. The molecule has 2 aliphatic rings. The second kappa shape index (κ2) is 10.4. The van der Waals surface area contributed by atoms with Crippen LogP contribution in [0.1, 0.15) is 47.4 Å². The number of ketones is 1. The van der Waals surface area contributed by atoms with Crippen molar-refractivity contribution in [3.8, 4) is 17.2 Å². The summed E-state index contributed by atoms with van der Waals surface area (Å²) in [6.07, 6.45) is 1.65. The Morgan fingerprint density at radius 2 is 1.75 bits per heavy atom. The number of ether oxygens (including phenoxy) is 5. The van der Waals surface area contributed by atoms with Gasteiger partial charge in [-0.3, -0.25) is 4.79 Å². The van der Waals surface area contributed by atoms with Crippen LogP contribution in [0.4, 0.5) is 0 Å². The lowest BCUT2D eigenvalue weighted by Crippen LogP contribution is -2.31. The molecule has 0 spiro atoms. The standard InChI is InChI=1S/C28H31NO7/c1-15-12-16(2)18(13-17(15)14-35-26-21(32-3)10-7-11-22(26)33-4)23-24-19(30)8-6-9-20(24)36-27(29)25(23)28(31)34-5/h7,10-13,23H,6,8-9,14,29H2,1-5H3. The molecule has 0 fully saturated rings. The quantitative estimate of drug-likeness (QED) is 0.567. The van der Waals surface area contributed by atoms with Gasteiger partial charge in [0.05, 0.1) is 27.2 Å². The number of para-hydroxylation sites is 1. The lowest BCUT2D eigenvalue weighted by atomic mass is 9.75. The molecular weight excluding hydrogens is 462 g/mol. The molecular formula is C28H31NO7. The molecule has 1 heterocycles. The van der Waals surface area contributed by atoms with Gasteiger partial charge in [0, 0.05) is 18.4 Å². The Morgan fingerprint density at radius 3 is 2.39 bits per heavy atom. The molecule has 8 nitrogen and oxygen atoms in total. The number of rotatable bonds is 7. The van der Waals surface area contributed by atoms with Gasteiger partial charge in [-0.25, -0.2) is 4.79 Å². The van der Waals surface area contributed by atoms with Gasteiger partial charge in [0.2, 0.25) is 11.6 Å². The molecule has 190 valence electrons. The summed E-state index contributed by atoms with van der Waals surface area (Å²) < 4.78 is 27.8. The Labute approximate surface area is 210 Å². The summed E-state index contributed by atoms with van der Waals surface area (Å²) >= 11 is 0. The number of esters is 1. The van der Waals surface area contributed by atoms with Gasteiger partial charge in [-0.05, 0) is 54.7 Å². The Balaban J connectivity index is 1.80. The van der Waals surface area contributed by atoms with Crippen molar-refractivity contribution in [1.29, 1.82) is 0 Å². The van der Waals surface area contributed by atoms with Gasteiger partial charge < -0.3 is 29.4 Å². The minimum atomic E-state index is -0.686. The zero-order valence-corrected chi connectivity index (χ0v) is 21.2. The highest BCUT2D eigenvalue weighted by molar-refractivity contribution is 6.03. The van der Waals surface area contributed by atoms with Crippen molar-refractivity contribution >= 4 is 11.8 Å². The highest BCUT2D eigenvalue weighted by Gasteiger charge is 2.41. The SMILES string of the molecule is COC(=O)C1=C(N)OC2=C(C(=O)CCC2)C1c1cc(COc2c(OC)cccc2OC)c(C)cc1C. The van der Waals surface area contributed by atoms with Gasteiger partial charge in [-0.2, -0.15) is 0 Å². The van der Waals surface area contributed by atoms with E-state index in [1.54, 1.807) is 26.4 Å². The molecule has 36 heavy (non-hydrogen) atoms. The molecule has 1 atom stereocenters. The van der Waals surface area contributed by atoms with Crippen LogP contribution in [0.2, 0.25) is 0 Å². The molecule has 1 aliphatic heterocycles. The molecule has 0 saturated heterocycles. The summed E-state index contributed by atoms with van der Waals surface area (Å²) in [5, 5.41) is 0. The summed E-state index contributed by atoms with van der Waals surface area (Å²) in [6.45, 7) is 4.15. The molecule has 2 aromatic rings. The van der Waals surface area contributed by atoms with Crippen LogP contribution in [0.3, 0.4) is 0 Å². The van der Waals surface area contributed by atoms with Gasteiger partial charge in [0.1, 0.15) is 17.9 Å². The first-order valence-corrected chi connectivity index (χ1v) is 11.8. The van der Waals surface area contributed by atoms with Crippen LogP contribution in [-0.4, -0.2) is 33.1 Å². The smallest absolute Gasteiger partial charge is 0.340 e. The number of methoxy groups -OCH3 is 3. The maximum atomic E-state index is 13.1. The van der Waals surface area contributed by atoms with Gasteiger partial charge in [-0.15, -0.1) is 0 Å². The number of carbonyl (C=O) groups is 2. The summed E-state index contributed by atoms with van der Waals surface area (Å²) in [7, 11) is 4.42. The Hall–Kier alpha value is -3.94. The molecule has 0 saturated carbocycles. The lowest BCUT2D eigenvalue weighted by Gasteiger charge is -2.33. The number of Topliss-reactive ketones (excluding diaryl/α,β-unsaturated/α-hetero) is 1. The third-order valence-electron chi connectivity index (χ3n) is 6.68. The van der Waals surface area contributed by atoms with E-state index in [4.69, 9.17) is 29.4 Å². The molecule has 0 radical (unpaired) electrons. The maximum Gasteiger partial charge on any atom is 0.340 e. The van der Waals surface area contributed by atoms with E-state index in [1.165, 1.54) is 7.11 Å². The second-order valence-electron chi connectivity index (χ2n) is 8.83. The van der Waals surface area contributed by atoms with E-state index in [9.17, 15) is 9.59 Å². The fraction of sp³-hybridized carbons (Fsp3) is 0.357. The summed E-state index contributed by atoms with van der Waals surface area (Å²) in [4.78, 5) is 25.9. The van der Waals surface area contributed by atoms with Crippen molar-refractivity contribution in [2.24, 2.45) is 5.73 Å². The van der Waals surface area contributed by atoms with Crippen LogP contribution in [0.5, 0.6) is 17.2 Å². The third-order valence-corrected chi connectivity index (χ3v) is 6.68. The number of allylic oxidation sites excluding steroid dienone is 2. The van der Waals surface area contributed by atoms with Crippen LogP contribution >= 0.6 is 0 Å². The van der Waals surface area contributed by atoms with Crippen molar-refractivity contribution in [1.82, 2.24) is 0 Å². The zero-order valence-electron chi connectivity index (χ0n) is 21.2. The lowest BCUT2D eigenvalue weighted by molar-refractivity contribution is -0.136.